The molecule has 4 aliphatic heterocycles. The molecule has 1 aliphatic carbocycles. The van der Waals surface area contributed by atoms with Crippen LogP contribution in [0.5, 0.6) is 0 Å². The van der Waals surface area contributed by atoms with Gasteiger partial charge < -0.3 is 92.5 Å². The number of fused-ring (bicyclic) bond motifs is 1. The lowest BCUT2D eigenvalue weighted by atomic mass is 9.84. The monoisotopic (exact) mass is 611 g/mol. The zero-order valence-electron chi connectivity index (χ0n) is 23.0. The van der Waals surface area contributed by atoms with Crippen molar-refractivity contribution in [2.75, 3.05) is 26.4 Å². The number of aliphatic hydroxyl groups excluding tert-OH is 5. The van der Waals surface area contributed by atoms with E-state index in [1.165, 1.54) is 0 Å². The first-order chi connectivity index (χ1) is 19.9. The molecule has 0 spiro atoms. The SMILES string of the molecule is NCC1O[C@H](O[C@H]2[C@@H](CO)OC[C@@]2(O)OC2C(O)[C@H](N)CC(N)[C@H]2O[C@H]2OC3CCO[C@H]3C(O)C2N)C(N)C(O)[C@@H]1O. The van der Waals surface area contributed by atoms with E-state index in [0.717, 1.165) is 0 Å². The number of hydrogen-bond donors (Lipinski definition) is 11. The van der Waals surface area contributed by atoms with Gasteiger partial charge >= 0.3 is 0 Å². The second-order valence-electron chi connectivity index (χ2n) is 11.7. The van der Waals surface area contributed by atoms with E-state index in [1.54, 1.807) is 0 Å². The van der Waals surface area contributed by atoms with E-state index < -0.39 is 123 Å². The first kappa shape index (κ1) is 32.7. The predicted octanol–water partition coefficient (Wildman–Crippen LogP) is -7.42. The smallest absolute Gasteiger partial charge is 0.219 e. The van der Waals surface area contributed by atoms with Crippen LogP contribution in [0.3, 0.4) is 0 Å². The maximum Gasteiger partial charge on any atom is 0.219 e. The lowest BCUT2D eigenvalue weighted by molar-refractivity contribution is -0.350. The van der Waals surface area contributed by atoms with E-state index in [1.807, 2.05) is 0 Å². The Bertz CT molecular complexity index is 913. The Kier molecular flexibility index (Phi) is 10.1. The summed E-state index contributed by atoms with van der Waals surface area (Å²) in [5, 5.41) is 64.1. The summed E-state index contributed by atoms with van der Waals surface area (Å²) in [7, 11) is 0. The highest BCUT2D eigenvalue weighted by Gasteiger charge is 2.58. The number of nitrogens with two attached hydrogens (primary N) is 5. The molecule has 244 valence electrons. The molecule has 5 aliphatic rings. The molecule has 0 radical (unpaired) electrons. The van der Waals surface area contributed by atoms with Gasteiger partial charge in [0.15, 0.2) is 12.6 Å². The molecule has 0 bridgehead atoms. The van der Waals surface area contributed by atoms with Crippen molar-refractivity contribution in [1.82, 2.24) is 0 Å². The van der Waals surface area contributed by atoms with Crippen LogP contribution in [0.25, 0.3) is 0 Å². The number of aliphatic hydroxyl groups is 6. The van der Waals surface area contributed by atoms with Crippen molar-refractivity contribution < 1.29 is 63.8 Å². The highest BCUT2D eigenvalue weighted by Crippen LogP contribution is 2.38. The summed E-state index contributed by atoms with van der Waals surface area (Å²) in [4.78, 5) is 0. The molecule has 42 heavy (non-hydrogen) atoms. The first-order valence-corrected chi connectivity index (χ1v) is 14.2. The third kappa shape index (κ3) is 5.96. The van der Waals surface area contributed by atoms with Crippen molar-refractivity contribution in [2.24, 2.45) is 28.7 Å². The molecule has 0 aromatic heterocycles. The van der Waals surface area contributed by atoms with E-state index >= 15 is 0 Å². The molecule has 18 nitrogen and oxygen atoms in total. The fourth-order valence-corrected chi connectivity index (χ4v) is 6.34. The van der Waals surface area contributed by atoms with Crippen LogP contribution < -0.4 is 28.7 Å². The van der Waals surface area contributed by atoms with Gasteiger partial charge in [0.05, 0.1) is 30.9 Å². The van der Waals surface area contributed by atoms with Gasteiger partial charge in [0.1, 0.15) is 61.5 Å². The third-order valence-corrected chi connectivity index (χ3v) is 8.86. The van der Waals surface area contributed by atoms with Crippen LogP contribution in [0.1, 0.15) is 12.8 Å². The van der Waals surface area contributed by atoms with Crippen LogP contribution in [-0.4, -0.2) is 167 Å². The molecular formula is C24H45N5O13. The second kappa shape index (κ2) is 12.9. The molecule has 18 atom stereocenters. The minimum atomic E-state index is -2.35. The Morgan fingerprint density at radius 1 is 0.786 bits per heavy atom. The second-order valence-corrected chi connectivity index (χ2v) is 11.7. The standard InChI is InChI=1S/C24H45N5O13/c25-4-10-15(32)16(33)12(28)23(39-10)41-21-11(5-30)37-6-24(21,35)42-20-14(31)7(26)3-8(27)18(20)40-22-13(29)17(34)19-9(38-22)1-2-36-19/h7-23,30-35H,1-6,25-29H2/t7-,8?,9?,10?,11-,12?,13?,14?,15-,16?,17?,18-,19-,20?,21+,22-,23-,24-/m1/s1. The number of hydrogen-bond acceptors (Lipinski definition) is 18. The molecule has 5 fully saturated rings. The Balaban J connectivity index is 1.36. The molecule has 0 amide bonds. The van der Waals surface area contributed by atoms with E-state index in [0.29, 0.717) is 13.0 Å². The number of rotatable bonds is 8. The van der Waals surface area contributed by atoms with Crippen molar-refractivity contribution in [3.8, 4) is 0 Å². The van der Waals surface area contributed by atoms with Crippen LogP contribution >= 0.6 is 0 Å². The molecule has 4 saturated heterocycles. The predicted molar refractivity (Wildman–Crippen MR) is 138 cm³/mol. The van der Waals surface area contributed by atoms with Gasteiger partial charge in [-0.15, -0.1) is 0 Å². The molecule has 5 rings (SSSR count). The fraction of sp³-hybridized carbons (Fsp3) is 1.00. The number of ether oxygens (including phenoxy) is 7. The molecule has 1 saturated carbocycles. The molecular weight excluding hydrogens is 566 g/mol. The van der Waals surface area contributed by atoms with Crippen molar-refractivity contribution in [3.63, 3.8) is 0 Å². The zero-order valence-corrected chi connectivity index (χ0v) is 23.0. The minimum absolute atomic E-state index is 0.116. The molecule has 18 heteroatoms. The maximum atomic E-state index is 11.7. The van der Waals surface area contributed by atoms with E-state index in [2.05, 4.69) is 0 Å². The third-order valence-electron chi connectivity index (χ3n) is 8.86. The van der Waals surface area contributed by atoms with Crippen LogP contribution in [0.2, 0.25) is 0 Å². The van der Waals surface area contributed by atoms with E-state index in [4.69, 9.17) is 61.8 Å². The van der Waals surface area contributed by atoms with Crippen molar-refractivity contribution in [2.45, 2.75) is 123 Å². The van der Waals surface area contributed by atoms with Gasteiger partial charge in [0, 0.05) is 25.2 Å². The van der Waals surface area contributed by atoms with Gasteiger partial charge in [-0.1, -0.05) is 0 Å². The molecule has 4 heterocycles. The lowest BCUT2D eigenvalue weighted by Crippen LogP contribution is -2.69. The van der Waals surface area contributed by atoms with Gasteiger partial charge in [0.25, 0.3) is 0 Å². The fourth-order valence-electron chi connectivity index (χ4n) is 6.34. The zero-order chi connectivity index (χ0) is 30.5. The molecule has 9 unspecified atom stereocenters. The first-order valence-electron chi connectivity index (χ1n) is 14.2. The normalized spacial score (nSPS) is 55.1. The Labute approximate surface area is 241 Å². The van der Waals surface area contributed by atoms with Crippen LogP contribution in [-0.2, 0) is 33.2 Å². The minimum Gasteiger partial charge on any atom is -0.394 e. The summed E-state index contributed by atoms with van der Waals surface area (Å²) in [6.07, 6.45) is -14.6. The summed E-state index contributed by atoms with van der Waals surface area (Å²) in [5.41, 5.74) is 30.4. The van der Waals surface area contributed by atoms with Crippen LogP contribution in [0.4, 0.5) is 0 Å². The maximum absolute atomic E-state index is 11.7. The average Bonchev–Trinajstić information content (AvgIpc) is 3.56. The van der Waals surface area contributed by atoms with Crippen molar-refractivity contribution >= 4 is 0 Å². The van der Waals surface area contributed by atoms with E-state index in [9.17, 15) is 30.6 Å². The van der Waals surface area contributed by atoms with Crippen LogP contribution in [0, 0.1) is 0 Å². The molecule has 16 N–H and O–H groups in total. The Morgan fingerprint density at radius 3 is 2.17 bits per heavy atom. The highest BCUT2D eigenvalue weighted by atomic mass is 16.8. The largest absolute Gasteiger partial charge is 0.394 e. The topological polar surface area (TPSA) is 316 Å². The summed E-state index contributed by atoms with van der Waals surface area (Å²) < 4.78 is 40.8. The summed E-state index contributed by atoms with van der Waals surface area (Å²) in [6, 6.07) is -4.00. The summed E-state index contributed by atoms with van der Waals surface area (Å²) in [5.74, 6) is -2.35. The van der Waals surface area contributed by atoms with Crippen LogP contribution in [0.15, 0.2) is 0 Å². The highest BCUT2D eigenvalue weighted by molar-refractivity contribution is 5.04. The van der Waals surface area contributed by atoms with Crippen molar-refractivity contribution in [1.29, 1.82) is 0 Å². The van der Waals surface area contributed by atoms with E-state index in [-0.39, 0.29) is 13.0 Å². The lowest BCUT2D eigenvalue weighted by Gasteiger charge is -2.48. The van der Waals surface area contributed by atoms with Gasteiger partial charge in [0.2, 0.25) is 5.79 Å². The molecule has 0 aromatic rings. The average molecular weight is 612 g/mol. The summed E-state index contributed by atoms with van der Waals surface area (Å²) >= 11 is 0. The van der Waals surface area contributed by atoms with Gasteiger partial charge in [-0.05, 0) is 12.8 Å². The molecule has 0 aromatic carbocycles. The quantitative estimate of drug-likeness (QED) is 0.113. The Hall–Kier alpha value is -0.720. The van der Waals surface area contributed by atoms with Gasteiger partial charge in [-0.25, -0.2) is 0 Å². The van der Waals surface area contributed by atoms with Gasteiger partial charge in [-0.2, -0.15) is 0 Å². The van der Waals surface area contributed by atoms with Crippen molar-refractivity contribution in [3.05, 3.63) is 0 Å². The van der Waals surface area contributed by atoms with Gasteiger partial charge in [-0.3, -0.25) is 0 Å². The Morgan fingerprint density at radius 2 is 1.48 bits per heavy atom. The summed E-state index contributed by atoms with van der Waals surface area (Å²) in [6.45, 7) is -0.947.